The second kappa shape index (κ2) is 7.14. The van der Waals surface area contributed by atoms with Crippen molar-refractivity contribution in [1.82, 2.24) is 20.1 Å². The molecule has 2 aromatic rings. The minimum Gasteiger partial charge on any atom is -0.361 e. The predicted octanol–water partition coefficient (Wildman–Crippen LogP) is 1.34. The highest BCUT2D eigenvalue weighted by Crippen LogP contribution is 2.16. The number of nitrogens with one attached hydrogen (secondary N) is 1. The highest BCUT2D eigenvalue weighted by atomic mass is 16.5. The third-order valence-corrected chi connectivity index (χ3v) is 4.29. The molecule has 8 heteroatoms. The third-order valence-electron chi connectivity index (χ3n) is 4.29. The summed E-state index contributed by atoms with van der Waals surface area (Å²) in [5.74, 6) is 1.97. The number of carbonyl (C=O) groups excluding carboxylic acids is 1. The van der Waals surface area contributed by atoms with Crippen molar-refractivity contribution in [1.29, 1.82) is 0 Å². The smallest absolute Gasteiger partial charge is 0.239 e. The molecule has 130 valence electrons. The quantitative estimate of drug-likeness (QED) is 0.883. The van der Waals surface area contributed by atoms with Gasteiger partial charge < -0.3 is 14.4 Å². The van der Waals surface area contributed by atoms with Gasteiger partial charge >= 0.3 is 0 Å². The summed E-state index contributed by atoms with van der Waals surface area (Å²) < 4.78 is 10.2. The van der Waals surface area contributed by atoms with Gasteiger partial charge in [-0.25, -0.2) is 0 Å². The van der Waals surface area contributed by atoms with Crippen molar-refractivity contribution in [3.8, 4) is 0 Å². The Kier molecular flexibility index (Phi) is 4.96. The maximum Gasteiger partial charge on any atom is 0.239 e. The summed E-state index contributed by atoms with van der Waals surface area (Å²) in [6.45, 7) is 10.5. The van der Waals surface area contributed by atoms with E-state index in [0.29, 0.717) is 18.1 Å². The monoisotopic (exact) mass is 333 g/mol. The first-order chi connectivity index (χ1) is 11.5. The van der Waals surface area contributed by atoms with E-state index in [1.54, 1.807) is 13.0 Å². The molecule has 24 heavy (non-hydrogen) atoms. The van der Waals surface area contributed by atoms with E-state index in [1.807, 2.05) is 13.8 Å². The van der Waals surface area contributed by atoms with E-state index >= 15 is 0 Å². The number of amides is 1. The van der Waals surface area contributed by atoms with Gasteiger partial charge in [-0.2, -0.15) is 0 Å². The van der Waals surface area contributed by atoms with Gasteiger partial charge in [0.2, 0.25) is 5.91 Å². The second-order valence-electron chi connectivity index (χ2n) is 6.23. The molecule has 1 aliphatic rings. The van der Waals surface area contributed by atoms with Gasteiger partial charge in [0.1, 0.15) is 11.5 Å². The molecule has 1 N–H and O–H groups in total. The van der Waals surface area contributed by atoms with Crippen LogP contribution in [-0.4, -0.2) is 58.7 Å². The summed E-state index contributed by atoms with van der Waals surface area (Å²) >= 11 is 0. The Labute approximate surface area is 140 Å². The van der Waals surface area contributed by atoms with Gasteiger partial charge in [0.15, 0.2) is 5.82 Å². The molecule has 0 bridgehead atoms. The number of rotatable bonds is 5. The van der Waals surface area contributed by atoms with Crippen LogP contribution in [0.25, 0.3) is 0 Å². The molecule has 0 aromatic carbocycles. The summed E-state index contributed by atoms with van der Waals surface area (Å²) in [6.07, 6.45) is 0. The summed E-state index contributed by atoms with van der Waals surface area (Å²) in [7, 11) is 0. The van der Waals surface area contributed by atoms with Crippen LogP contribution in [0.15, 0.2) is 15.1 Å². The van der Waals surface area contributed by atoms with E-state index in [0.717, 1.165) is 44.2 Å². The molecule has 3 rings (SSSR count). The minimum atomic E-state index is -0.0672. The number of piperazine rings is 1. The summed E-state index contributed by atoms with van der Waals surface area (Å²) in [5.41, 5.74) is 2.12. The summed E-state index contributed by atoms with van der Waals surface area (Å²) in [6, 6.07) is 1.71. The van der Waals surface area contributed by atoms with Crippen LogP contribution in [0, 0.1) is 20.8 Å². The Morgan fingerprint density at radius 2 is 1.83 bits per heavy atom. The van der Waals surface area contributed by atoms with Crippen molar-refractivity contribution in [3.05, 3.63) is 28.8 Å². The zero-order chi connectivity index (χ0) is 17.1. The lowest BCUT2D eigenvalue weighted by molar-refractivity contribution is -0.117. The van der Waals surface area contributed by atoms with Crippen molar-refractivity contribution in [3.63, 3.8) is 0 Å². The highest BCUT2D eigenvalue weighted by molar-refractivity contribution is 5.91. The summed E-state index contributed by atoms with van der Waals surface area (Å²) in [4.78, 5) is 16.6. The molecule has 2 aromatic heterocycles. The number of hydrogen-bond acceptors (Lipinski definition) is 7. The first-order valence-electron chi connectivity index (χ1n) is 8.11. The average Bonchev–Trinajstić information content (AvgIpc) is 3.09. The topological polar surface area (TPSA) is 87.6 Å². The molecule has 0 atom stereocenters. The molecular formula is C16H23N5O3. The lowest BCUT2D eigenvalue weighted by atomic mass is 10.2. The lowest BCUT2D eigenvalue weighted by Gasteiger charge is -2.34. The van der Waals surface area contributed by atoms with E-state index in [2.05, 4.69) is 25.4 Å². The van der Waals surface area contributed by atoms with E-state index in [4.69, 9.17) is 9.05 Å². The predicted molar refractivity (Wildman–Crippen MR) is 87.6 cm³/mol. The highest BCUT2D eigenvalue weighted by Gasteiger charge is 2.21. The number of aryl methyl sites for hydroxylation is 3. The fourth-order valence-corrected chi connectivity index (χ4v) is 2.87. The van der Waals surface area contributed by atoms with Crippen LogP contribution in [-0.2, 0) is 11.3 Å². The lowest BCUT2D eigenvalue weighted by Crippen LogP contribution is -2.48. The van der Waals surface area contributed by atoms with Crippen LogP contribution in [0.4, 0.5) is 5.82 Å². The van der Waals surface area contributed by atoms with Gasteiger partial charge in [-0.3, -0.25) is 14.6 Å². The second-order valence-corrected chi connectivity index (χ2v) is 6.23. The van der Waals surface area contributed by atoms with Gasteiger partial charge in [-0.05, 0) is 20.8 Å². The molecule has 1 aliphatic heterocycles. The molecule has 0 unspecified atom stereocenters. The molecule has 0 aliphatic carbocycles. The van der Waals surface area contributed by atoms with Crippen LogP contribution in [0.1, 0.15) is 22.8 Å². The van der Waals surface area contributed by atoms with Gasteiger partial charge in [0.05, 0.1) is 12.2 Å². The van der Waals surface area contributed by atoms with Gasteiger partial charge in [0, 0.05) is 44.4 Å². The molecule has 0 saturated carbocycles. The molecule has 3 heterocycles. The van der Waals surface area contributed by atoms with E-state index in [-0.39, 0.29) is 5.91 Å². The Balaban J connectivity index is 1.44. The van der Waals surface area contributed by atoms with Gasteiger partial charge in [0.25, 0.3) is 0 Å². The van der Waals surface area contributed by atoms with Crippen molar-refractivity contribution < 1.29 is 13.8 Å². The molecule has 0 radical (unpaired) electrons. The molecule has 1 amide bonds. The average molecular weight is 333 g/mol. The number of aromatic nitrogens is 2. The van der Waals surface area contributed by atoms with Crippen LogP contribution in [0.3, 0.4) is 0 Å². The van der Waals surface area contributed by atoms with E-state index in [1.165, 1.54) is 5.56 Å². The number of nitrogens with zero attached hydrogens (tertiary/aromatic N) is 4. The first kappa shape index (κ1) is 16.7. The molecular weight excluding hydrogens is 310 g/mol. The fourth-order valence-electron chi connectivity index (χ4n) is 2.87. The molecule has 1 saturated heterocycles. The van der Waals surface area contributed by atoms with Crippen LogP contribution < -0.4 is 5.32 Å². The number of carbonyl (C=O) groups is 1. The number of hydrogen-bond donors (Lipinski definition) is 1. The summed E-state index contributed by atoms with van der Waals surface area (Å²) in [5, 5.41) is 10.5. The van der Waals surface area contributed by atoms with E-state index in [9.17, 15) is 4.79 Å². The zero-order valence-corrected chi connectivity index (χ0v) is 14.3. The van der Waals surface area contributed by atoms with Crippen molar-refractivity contribution in [2.45, 2.75) is 27.3 Å². The Morgan fingerprint density at radius 1 is 1.12 bits per heavy atom. The number of anilines is 1. The maximum absolute atomic E-state index is 12.0. The van der Waals surface area contributed by atoms with Crippen LogP contribution in [0.5, 0.6) is 0 Å². The normalized spacial score (nSPS) is 16.5. The standard InChI is InChI=1S/C16H23N5O3/c1-11-8-15(19-23-11)17-16(22)10-21-6-4-20(5-7-21)9-14-12(2)18-24-13(14)3/h8H,4-7,9-10H2,1-3H3,(H,17,19,22). The third kappa shape index (κ3) is 4.01. The van der Waals surface area contributed by atoms with E-state index < -0.39 is 0 Å². The Hall–Kier alpha value is -2.19. The Morgan fingerprint density at radius 3 is 2.42 bits per heavy atom. The van der Waals surface area contributed by atoms with Gasteiger partial charge in [-0.1, -0.05) is 10.3 Å². The van der Waals surface area contributed by atoms with Crippen LogP contribution >= 0.6 is 0 Å². The SMILES string of the molecule is Cc1cc(NC(=O)CN2CCN(Cc3c(C)noc3C)CC2)no1. The largest absolute Gasteiger partial charge is 0.361 e. The zero-order valence-electron chi connectivity index (χ0n) is 14.3. The van der Waals surface area contributed by atoms with Crippen LogP contribution in [0.2, 0.25) is 0 Å². The minimum absolute atomic E-state index is 0.0672. The molecule has 0 spiro atoms. The first-order valence-corrected chi connectivity index (χ1v) is 8.11. The fraction of sp³-hybridized carbons (Fsp3) is 0.562. The Bertz CT molecular complexity index is 681. The van der Waals surface area contributed by atoms with Crippen molar-refractivity contribution in [2.75, 3.05) is 38.0 Å². The van der Waals surface area contributed by atoms with Gasteiger partial charge in [-0.15, -0.1) is 0 Å². The van der Waals surface area contributed by atoms with Crippen molar-refractivity contribution in [2.24, 2.45) is 0 Å². The maximum atomic E-state index is 12.0. The van der Waals surface area contributed by atoms with Crippen molar-refractivity contribution >= 4 is 11.7 Å². The molecule has 8 nitrogen and oxygen atoms in total. The molecule has 1 fully saturated rings.